The number of rotatable bonds is 6. The molecule has 1 heterocycles. The molecule has 0 bridgehead atoms. The molecule has 3 nitrogen and oxygen atoms in total. The first-order chi connectivity index (χ1) is 10.8. The van der Waals surface area contributed by atoms with Crippen molar-refractivity contribution in [3.63, 3.8) is 0 Å². The minimum Gasteiger partial charge on any atom is -0.338 e. The lowest BCUT2D eigenvalue weighted by atomic mass is 9.85. The van der Waals surface area contributed by atoms with E-state index >= 15 is 0 Å². The van der Waals surface area contributed by atoms with Crippen LogP contribution < -0.4 is 5.32 Å². The van der Waals surface area contributed by atoms with E-state index < -0.39 is 0 Å². The molecule has 1 unspecified atom stereocenters. The summed E-state index contributed by atoms with van der Waals surface area (Å²) in [5, 5.41) is 3.48. The summed E-state index contributed by atoms with van der Waals surface area (Å²) >= 11 is 1.96. The zero-order chi connectivity index (χ0) is 15.2. The largest absolute Gasteiger partial charge is 0.338 e. The smallest absolute Gasteiger partial charge is 0.224 e. The van der Waals surface area contributed by atoms with E-state index in [9.17, 15) is 4.79 Å². The Morgan fingerprint density at radius 3 is 2.65 bits per heavy atom. The van der Waals surface area contributed by atoms with Gasteiger partial charge in [0.05, 0.1) is 0 Å². The molecule has 1 aromatic carbocycles. The quantitative estimate of drug-likeness (QED) is 0.850. The first-order valence-corrected chi connectivity index (χ1v) is 9.59. The SMILES string of the molecule is Cl.O=C(CC1CSCCN1)N(Cc1ccccc1)CC1CCC1. The number of thioether (sulfide) groups is 1. The monoisotopic (exact) mass is 354 g/mol. The number of nitrogens with one attached hydrogen (secondary N) is 1. The molecule has 1 aliphatic heterocycles. The summed E-state index contributed by atoms with van der Waals surface area (Å²) in [5.41, 5.74) is 1.24. The van der Waals surface area contributed by atoms with E-state index in [4.69, 9.17) is 0 Å². The Morgan fingerprint density at radius 2 is 2.04 bits per heavy atom. The number of halogens is 1. The molecule has 0 aromatic heterocycles. The van der Waals surface area contributed by atoms with E-state index in [-0.39, 0.29) is 12.4 Å². The van der Waals surface area contributed by atoms with Crippen molar-refractivity contribution in [2.45, 2.75) is 38.3 Å². The van der Waals surface area contributed by atoms with Crippen LogP contribution in [0.1, 0.15) is 31.2 Å². The van der Waals surface area contributed by atoms with Crippen LogP contribution >= 0.6 is 24.2 Å². The average Bonchev–Trinajstić information content (AvgIpc) is 2.51. The molecular formula is C18H27ClN2OS. The van der Waals surface area contributed by atoms with E-state index in [1.54, 1.807) is 0 Å². The fraction of sp³-hybridized carbons (Fsp3) is 0.611. The summed E-state index contributed by atoms with van der Waals surface area (Å²) in [7, 11) is 0. The fourth-order valence-corrected chi connectivity index (χ4v) is 4.09. The van der Waals surface area contributed by atoms with E-state index in [1.807, 2.05) is 17.8 Å². The molecule has 1 amide bonds. The van der Waals surface area contributed by atoms with Crippen molar-refractivity contribution in [2.24, 2.45) is 5.92 Å². The molecule has 0 radical (unpaired) electrons. The molecule has 1 atom stereocenters. The third-order valence-corrected chi connectivity index (χ3v) is 5.82. The number of amides is 1. The zero-order valence-electron chi connectivity index (χ0n) is 13.6. The van der Waals surface area contributed by atoms with Crippen molar-refractivity contribution in [3.8, 4) is 0 Å². The first kappa shape index (κ1) is 18.6. The van der Waals surface area contributed by atoms with Gasteiger partial charge in [0.15, 0.2) is 0 Å². The van der Waals surface area contributed by atoms with Crippen LogP contribution in [0.2, 0.25) is 0 Å². The van der Waals surface area contributed by atoms with Crippen LogP contribution in [0, 0.1) is 5.92 Å². The number of hydrogen-bond acceptors (Lipinski definition) is 3. The summed E-state index contributed by atoms with van der Waals surface area (Å²) in [4.78, 5) is 14.9. The van der Waals surface area contributed by atoms with Gasteiger partial charge in [-0.3, -0.25) is 4.79 Å². The molecule has 1 aliphatic carbocycles. The highest BCUT2D eigenvalue weighted by Gasteiger charge is 2.26. The Labute approximate surface area is 150 Å². The molecule has 1 aromatic rings. The van der Waals surface area contributed by atoms with Gasteiger partial charge < -0.3 is 10.2 Å². The molecule has 2 fully saturated rings. The maximum absolute atomic E-state index is 12.8. The van der Waals surface area contributed by atoms with E-state index in [0.29, 0.717) is 18.4 Å². The number of hydrogen-bond donors (Lipinski definition) is 1. The summed E-state index contributed by atoms with van der Waals surface area (Å²) in [5.74, 6) is 3.27. The normalized spacial score (nSPS) is 21.1. The molecule has 128 valence electrons. The van der Waals surface area contributed by atoms with Gasteiger partial charge in [0.2, 0.25) is 5.91 Å². The lowest BCUT2D eigenvalue weighted by Gasteiger charge is -2.34. The maximum Gasteiger partial charge on any atom is 0.224 e. The van der Waals surface area contributed by atoms with Crippen LogP contribution in [0.3, 0.4) is 0 Å². The van der Waals surface area contributed by atoms with Gasteiger partial charge in [-0.2, -0.15) is 11.8 Å². The van der Waals surface area contributed by atoms with Crippen molar-refractivity contribution in [2.75, 3.05) is 24.6 Å². The number of benzene rings is 1. The first-order valence-electron chi connectivity index (χ1n) is 8.44. The third-order valence-electron chi connectivity index (χ3n) is 4.69. The summed E-state index contributed by atoms with van der Waals surface area (Å²) in [6.07, 6.45) is 4.55. The van der Waals surface area contributed by atoms with E-state index in [0.717, 1.165) is 31.3 Å². The molecule has 2 aliphatic rings. The second kappa shape index (κ2) is 9.55. The lowest BCUT2D eigenvalue weighted by molar-refractivity contribution is -0.133. The van der Waals surface area contributed by atoms with Crippen LogP contribution in [0.5, 0.6) is 0 Å². The van der Waals surface area contributed by atoms with Crippen LogP contribution in [0.25, 0.3) is 0 Å². The Balaban J connectivity index is 0.00000192. The highest BCUT2D eigenvalue weighted by atomic mass is 35.5. The Bertz CT molecular complexity index is 475. The Kier molecular flexibility index (Phi) is 7.74. The van der Waals surface area contributed by atoms with Gasteiger partial charge in [0.1, 0.15) is 0 Å². The van der Waals surface area contributed by atoms with Crippen molar-refractivity contribution in [1.29, 1.82) is 0 Å². The topological polar surface area (TPSA) is 32.3 Å². The third kappa shape index (κ3) is 5.70. The average molecular weight is 355 g/mol. The molecule has 5 heteroatoms. The standard InChI is InChI=1S/C18H26N2OS.ClH/c21-18(11-17-14-22-10-9-19-17)20(13-16-7-4-8-16)12-15-5-2-1-3-6-15;/h1-3,5-6,16-17,19H,4,7-14H2;1H. The minimum atomic E-state index is 0. The highest BCUT2D eigenvalue weighted by molar-refractivity contribution is 7.99. The summed E-state index contributed by atoms with van der Waals surface area (Å²) < 4.78 is 0. The molecule has 23 heavy (non-hydrogen) atoms. The number of carbonyl (C=O) groups is 1. The van der Waals surface area contributed by atoms with Gasteiger partial charge >= 0.3 is 0 Å². The predicted molar refractivity (Wildman–Crippen MR) is 100 cm³/mol. The predicted octanol–water partition coefficient (Wildman–Crippen LogP) is 3.33. The number of carbonyl (C=O) groups excluding carboxylic acids is 1. The van der Waals surface area contributed by atoms with Crippen LogP contribution in [-0.2, 0) is 11.3 Å². The van der Waals surface area contributed by atoms with Crippen molar-refractivity contribution in [1.82, 2.24) is 10.2 Å². The van der Waals surface area contributed by atoms with Crippen LogP contribution in [0.15, 0.2) is 30.3 Å². The minimum absolute atomic E-state index is 0. The fourth-order valence-electron chi connectivity index (χ4n) is 3.14. The zero-order valence-corrected chi connectivity index (χ0v) is 15.2. The molecule has 1 N–H and O–H groups in total. The molecular weight excluding hydrogens is 328 g/mol. The maximum atomic E-state index is 12.8. The van der Waals surface area contributed by atoms with Gasteiger partial charge in [-0.1, -0.05) is 36.8 Å². The van der Waals surface area contributed by atoms with Crippen LogP contribution in [0.4, 0.5) is 0 Å². The second-order valence-electron chi connectivity index (χ2n) is 6.49. The van der Waals surface area contributed by atoms with Gasteiger partial charge in [-0.15, -0.1) is 12.4 Å². The second-order valence-corrected chi connectivity index (χ2v) is 7.64. The number of nitrogens with zero attached hydrogens (tertiary/aromatic N) is 1. The van der Waals surface area contributed by atoms with Crippen molar-refractivity contribution >= 4 is 30.1 Å². The van der Waals surface area contributed by atoms with Crippen molar-refractivity contribution < 1.29 is 4.79 Å². The van der Waals surface area contributed by atoms with E-state index in [2.05, 4.69) is 34.5 Å². The molecule has 3 rings (SSSR count). The summed E-state index contributed by atoms with van der Waals surface area (Å²) in [6, 6.07) is 10.7. The molecule has 1 saturated carbocycles. The summed E-state index contributed by atoms with van der Waals surface area (Å²) in [6.45, 7) is 2.73. The highest BCUT2D eigenvalue weighted by Crippen LogP contribution is 2.28. The van der Waals surface area contributed by atoms with Crippen LogP contribution in [-0.4, -0.2) is 41.4 Å². The Morgan fingerprint density at radius 1 is 1.26 bits per heavy atom. The molecule has 1 saturated heterocycles. The van der Waals surface area contributed by atoms with Gasteiger partial charge in [0.25, 0.3) is 0 Å². The van der Waals surface area contributed by atoms with Gasteiger partial charge in [0, 0.05) is 43.6 Å². The lowest BCUT2D eigenvalue weighted by Crippen LogP contribution is -2.44. The Hall–Kier alpha value is -0.710. The van der Waals surface area contributed by atoms with E-state index in [1.165, 1.54) is 30.6 Å². The molecule has 0 spiro atoms. The van der Waals surface area contributed by atoms with Crippen molar-refractivity contribution in [3.05, 3.63) is 35.9 Å². The van der Waals surface area contributed by atoms with Gasteiger partial charge in [-0.05, 0) is 24.3 Å². The van der Waals surface area contributed by atoms with Gasteiger partial charge in [-0.25, -0.2) is 0 Å².